The van der Waals surface area contributed by atoms with Crippen LogP contribution in [0, 0.1) is 12.3 Å². The van der Waals surface area contributed by atoms with E-state index in [1.807, 2.05) is 0 Å². The molecule has 1 amide bonds. The maximum absolute atomic E-state index is 11.9. The summed E-state index contributed by atoms with van der Waals surface area (Å²) in [5, 5.41) is 18.4. The second-order valence-electron chi connectivity index (χ2n) is 7.02. The van der Waals surface area contributed by atoms with E-state index in [1.165, 1.54) is 42.4 Å². The molecule has 0 aromatic heterocycles. The van der Waals surface area contributed by atoms with Gasteiger partial charge in [-0.15, -0.1) is 0 Å². The van der Waals surface area contributed by atoms with E-state index in [-0.39, 0.29) is 5.91 Å². The predicted molar refractivity (Wildman–Crippen MR) is 94.0 cm³/mol. The van der Waals surface area contributed by atoms with E-state index in [0.717, 1.165) is 19.3 Å². The van der Waals surface area contributed by atoms with E-state index in [4.69, 9.17) is 5.11 Å². The summed E-state index contributed by atoms with van der Waals surface area (Å²) in [5.41, 5.74) is 4.32. The number of likely N-dealkylation sites (tertiary alicyclic amines) is 1. The van der Waals surface area contributed by atoms with Crippen molar-refractivity contribution in [1.29, 1.82) is 0 Å². The second kappa shape index (κ2) is 8.13. The molecule has 4 heteroatoms. The van der Waals surface area contributed by atoms with E-state index in [2.05, 4.69) is 24.6 Å². The Kier molecular flexibility index (Phi) is 5.90. The molecule has 1 saturated heterocycles. The Bertz CT molecular complexity index is 553. The molecule has 2 N–H and O–H groups in total. The van der Waals surface area contributed by atoms with Crippen molar-refractivity contribution in [2.24, 2.45) is 5.92 Å². The molecule has 2 aliphatic carbocycles. The number of aliphatic hydroxyl groups excluding tert-OH is 2. The van der Waals surface area contributed by atoms with Gasteiger partial charge in [0.05, 0.1) is 6.61 Å². The summed E-state index contributed by atoms with van der Waals surface area (Å²) in [6.45, 7) is 0.821. The molecule has 3 aliphatic rings. The summed E-state index contributed by atoms with van der Waals surface area (Å²) in [6.07, 6.45) is 16.0. The molecule has 0 bridgehead atoms. The normalized spacial score (nSPS) is 24.1. The fourth-order valence-corrected chi connectivity index (χ4v) is 3.95. The summed E-state index contributed by atoms with van der Waals surface area (Å²) in [5.74, 6) is 0.152. The molecule has 1 radical (unpaired) electrons. The highest BCUT2D eigenvalue weighted by Crippen LogP contribution is 2.34. The molecule has 131 valence electrons. The summed E-state index contributed by atoms with van der Waals surface area (Å²) >= 11 is 0. The molecule has 0 spiro atoms. The lowest BCUT2D eigenvalue weighted by atomic mass is 9.81. The summed E-state index contributed by atoms with van der Waals surface area (Å²) in [6, 6.07) is 0. The Morgan fingerprint density at radius 3 is 2.71 bits per heavy atom. The van der Waals surface area contributed by atoms with Crippen LogP contribution in [0.5, 0.6) is 0 Å². The largest absolute Gasteiger partial charge is 0.393 e. The van der Waals surface area contributed by atoms with Crippen molar-refractivity contribution in [1.82, 2.24) is 4.90 Å². The smallest absolute Gasteiger partial charge is 0.253 e. The van der Waals surface area contributed by atoms with Crippen LogP contribution in [-0.2, 0) is 4.79 Å². The number of amides is 1. The van der Waals surface area contributed by atoms with Crippen molar-refractivity contribution in [2.75, 3.05) is 19.7 Å². The van der Waals surface area contributed by atoms with Crippen LogP contribution in [0.25, 0.3) is 0 Å². The first-order chi connectivity index (χ1) is 11.7. The van der Waals surface area contributed by atoms with Crippen LogP contribution in [0.1, 0.15) is 44.9 Å². The predicted octanol–water partition coefficient (Wildman–Crippen LogP) is 2.54. The van der Waals surface area contributed by atoms with Crippen molar-refractivity contribution in [2.45, 2.75) is 51.0 Å². The molecule has 1 atom stereocenters. The summed E-state index contributed by atoms with van der Waals surface area (Å²) in [4.78, 5) is 13.6. The highest BCUT2D eigenvalue weighted by molar-refractivity contribution is 5.80. The Morgan fingerprint density at radius 2 is 2.04 bits per heavy atom. The third-order valence-electron chi connectivity index (χ3n) is 5.41. The highest BCUT2D eigenvalue weighted by Gasteiger charge is 2.28. The number of carbonyl (C=O) groups is 1. The van der Waals surface area contributed by atoms with Crippen LogP contribution >= 0.6 is 0 Å². The molecule has 4 nitrogen and oxygen atoms in total. The maximum Gasteiger partial charge on any atom is 0.253 e. The summed E-state index contributed by atoms with van der Waals surface area (Å²) < 4.78 is 0. The van der Waals surface area contributed by atoms with Crippen molar-refractivity contribution < 1.29 is 15.0 Å². The second-order valence-corrected chi connectivity index (χ2v) is 7.02. The van der Waals surface area contributed by atoms with E-state index < -0.39 is 12.7 Å². The van der Waals surface area contributed by atoms with Crippen LogP contribution in [0.4, 0.5) is 0 Å². The highest BCUT2D eigenvalue weighted by atomic mass is 16.3. The van der Waals surface area contributed by atoms with Gasteiger partial charge in [-0.3, -0.25) is 4.79 Å². The minimum atomic E-state index is -1.27. The lowest BCUT2D eigenvalue weighted by Gasteiger charge is -2.34. The average Bonchev–Trinajstić information content (AvgIpc) is 2.67. The molecule has 1 aliphatic heterocycles. The zero-order valence-corrected chi connectivity index (χ0v) is 14.3. The van der Waals surface area contributed by atoms with Crippen LogP contribution in [0.3, 0.4) is 0 Å². The minimum absolute atomic E-state index is 0.342. The van der Waals surface area contributed by atoms with Gasteiger partial charge < -0.3 is 15.1 Å². The molecule has 0 aromatic rings. The first-order valence-corrected chi connectivity index (χ1v) is 9.21. The number of piperidine rings is 1. The van der Waals surface area contributed by atoms with Gasteiger partial charge in [0.25, 0.3) is 5.91 Å². The van der Waals surface area contributed by atoms with Gasteiger partial charge in [0.2, 0.25) is 0 Å². The number of hydrogen-bond acceptors (Lipinski definition) is 3. The Morgan fingerprint density at radius 1 is 1.25 bits per heavy atom. The van der Waals surface area contributed by atoms with Gasteiger partial charge in [0.15, 0.2) is 6.10 Å². The van der Waals surface area contributed by atoms with Gasteiger partial charge in [0.1, 0.15) is 0 Å². The summed E-state index contributed by atoms with van der Waals surface area (Å²) in [7, 11) is 0. The van der Waals surface area contributed by atoms with Crippen molar-refractivity contribution in [3.05, 3.63) is 41.4 Å². The number of carbonyl (C=O) groups excluding carboxylic acids is 1. The van der Waals surface area contributed by atoms with Crippen LogP contribution in [-0.4, -0.2) is 46.8 Å². The third-order valence-corrected chi connectivity index (χ3v) is 5.41. The third kappa shape index (κ3) is 3.98. The average molecular weight is 330 g/mol. The number of hydrogen-bond donors (Lipinski definition) is 2. The first kappa shape index (κ1) is 17.4. The number of rotatable bonds is 4. The van der Waals surface area contributed by atoms with Crippen molar-refractivity contribution >= 4 is 5.91 Å². The van der Waals surface area contributed by atoms with E-state index in [1.54, 1.807) is 4.90 Å². The molecule has 0 aromatic carbocycles. The zero-order chi connectivity index (χ0) is 16.9. The fourth-order valence-electron chi connectivity index (χ4n) is 3.95. The SMILES string of the molecule is O=C(C(O)CO)N1CCC(C2=CC[CH]C(C3=CCCCC3)=C2)CC1. The Hall–Kier alpha value is -1.39. The van der Waals surface area contributed by atoms with Gasteiger partial charge in [-0.2, -0.15) is 0 Å². The number of nitrogens with zero attached hydrogens (tertiary/aromatic N) is 1. The number of aliphatic hydroxyl groups is 2. The van der Waals surface area contributed by atoms with Gasteiger partial charge in [0, 0.05) is 13.1 Å². The van der Waals surface area contributed by atoms with Gasteiger partial charge in [-0.1, -0.05) is 18.2 Å². The van der Waals surface area contributed by atoms with Crippen molar-refractivity contribution in [3.63, 3.8) is 0 Å². The molecule has 1 heterocycles. The van der Waals surface area contributed by atoms with E-state index in [9.17, 15) is 9.90 Å². The fraction of sp³-hybridized carbons (Fsp3) is 0.600. The maximum atomic E-state index is 11.9. The standard InChI is InChI=1S/C20H28NO3/c22-14-19(23)20(24)21-11-9-16(10-12-21)18-8-4-7-17(13-18)15-5-2-1-3-6-15/h5,7-8,13,16,19,22-23H,1-4,6,9-12,14H2. The molecule has 0 saturated carbocycles. The Labute approximate surface area is 144 Å². The van der Waals surface area contributed by atoms with Gasteiger partial charge in [-0.05, 0) is 74.0 Å². The van der Waals surface area contributed by atoms with E-state index in [0.29, 0.717) is 19.0 Å². The van der Waals surface area contributed by atoms with Crippen LogP contribution in [0.2, 0.25) is 0 Å². The van der Waals surface area contributed by atoms with Crippen LogP contribution in [0.15, 0.2) is 34.9 Å². The van der Waals surface area contributed by atoms with Crippen molar-refractivity contribution in [3.8, 4) is 0 Å². The van der Waals surface area contributed by atoms with Gasteiger partial charge >= 0.3 is 0 Å². The lowest BCUT2D eigenvalue weighted by molar-refractivity contribution is -0.143. The van der Waals surface area contributed by atoms with Gasteiger partial charge in [-0.25, -0.2) is 0 Å². The number of allylic oxidation sites excluding steroid dienone is 6. The first-order valence-electron chi connectivity index (χ1n) is 9.21. The van der Waals surface area contributed by atoms with E-state index >= 15 is 0 Å². The molecule has 24 heavy (non-hydrogen) atoms. The molecular weight excluding hydrogens is 302 g/mol. The topological polar surface area (TPSA) is 60.8 Å². The zero-order valence-electron chi connectivity index (χ0n) is 14.3. The molecular formula is C20H28NO3. The van der Waals surface area contributed by atoms with Crippen LogP contribution < -0.4 is 0 Å². The monoisotopic (exact) mass is 330 g/mol. The molecule has 3 rings (SSSR count). The minimum Gasteiger partial charge on any atom is -0.393 e. The molecule has 1 unspecified atom stereocenters. The quantitative estimate of drug-likeness (QED) is 0.833. The lowest BCUT2D eigenvalue weighted by Crippen LogP contribution is -2.45. The Balaban J connectivity index is 1.60. The molecule has 1 fully saturated rings.